The first-order chi connectivity index (χ1) is 6.64. The Morgan fingerprint density at radius 2 is 1.64 bits per heavy atom. The normalized spacial score (nSPS) is 29.1. The molecule has 0 spiro atoms. The predicted molar refractivity (Wildman–Crippen MR) is 55.0 cm³/mol. The summed E-state index contributed by atoms with van der Waals surface area (Å²) in [5, 5.41) is -0.385. The van der Waals surface area contributed by atoms with Crippen LogP contribution in [0, 0.1) is 0 Å². The Hall–Kier alpha value is 0.0569. The van der Waals surface area contributed by atoms with Crippen molar-refractivity contribution in [2.45, 2.75) is 31.4 Å². The highest BCUT2D eigenvalue weighted by Crippen LogP contribution is 2.34. The number of rotatable bonds is 4. The molecule has 0 aliphatic carbocycles. The molecule has 0 bridgehead atoms. The second-order valence-corrected chi connectivity index (χ2v) is 7.10. The average Bonchev–Trinajstić information content (AvgIpc) is 2.22. The van der Waals surface area contributed by atoms with Gasteiger partial charge in [-0.2, -0.15) is 0 Å². The molecule has 0 N–H and O–H groups in total. The van der Waals surface area contributed by atoms with E-state index in [-0.39, 0.29) is 5.22 Å². The number of hydrogen-bond donors (Lipinski definition) is 0. The summed E-state index contributed by atoms with van der Waals surface area (Å²) in [6.07, 6.45) is 3.19. The van der Waals surface area contributed by atoms with Crippen molar-refractivity contribution in [3.63, 3.8) is 0 Å². The lowest BCUT2D eigenvalue weighted by Gasteiger charge is -2.42. The Morgan fingerprint density at radius 1 is 1.07 bits per heavy atom. The van der Waals surface area contributed by atoms with Gasteiger partial charge in [0.05, 0.1) is 0 Å². The fourth-order valence-corrected chi connectivity index (χ4v) is 4.63. The summed E-state index contributed by atoms with van der Waals surface area (Å²) in [5.74, 6) is 0. The minimum absolute atomic E-state index is 0.385. The average molecular weight is 220 g/mol. The van der Waals surface area contributed by atoms with Gasteiger partial charge in [0.2, 0.25) is 0 Å². The molecule has 1 atom stereocenters. The van der Waals surface area contributed by atoms with Crippen LogP contribution >= 0.6 is 0 Å². The standard InChI is InChI=1S/C9H20O4Si/c1-9(7-5-6-8-13-9)14(10-2,11-3)12-4/h5-8H2,1-4H3. The molecule has 1 unspecified atom stereocenters. The largest absolute Gasteiger partial charge is 0.533 e. The molecule has 1 aliphatic rings. The van der Waals surface area contributed by atoms with E-state index in [1.165, 1.54) is 0 Å². The molecule has 5 heteroatoms. The Morgan fingerprint density at radius 3 is 2.00 bits per heavy atom. The monoisotopic (exact) mass is 220 g/mol. The van der Waals surface area contributed by atoms with Gasteiger partial charge in [0, 0.05) is 27.9 Å². The lowest BCUT2D eigenvalue weighted by atomic mass is 10.1. The molecule has 0 aromatic rings. The van der Waals surface area contributed by atoms with Gasteiger partial charge >= 0.3 is 8.80 Å². The second kappa shape index (κ2) is 4.72. The van der Waals surface area contributed by atoms with Gasteiger partial charge < -0.3 is 18.0 Å². The summed E-state index contributed by atoms with van der Waals surface area (Å²) < 4.78 is 22.1. The van der Waals surface area contributed by atoms with Crippen LogP contribution in [0.4, 0.5) is 0 Å². The number of ether oxygens (including phenoxy) is 1. The van der Waals surface area contributed by atoms with Gasteiger partial charge in [-0.15, -0.1) is 0 Å². The van der Waals surface area contributed by atoms with Crippen molar-refractivity contribution in [3.05, 3.63) is 0 Å². The molecule has 0 amide bonds. The Kier molecular flexibility index (Phi) is 4.09. The summed E-state index contributed by atoms with van der Waals surface area (Å²) in [7, 11) is 2.22. The molecule has 1 saturated heterocycles. The molecular formula is C9H20O4Si. The zero-order chi connectivity index (χ0) is 10.7. The zero-order valence-electron chi connectivity index (χ0n) is 9.46. The highest BCUT2D eigenvalue weighted by atomic mass is 28.4. The highest BCUT2D eigenvalue weighted by Gasteiger charge is 2.58. The molecule has 0 saturated carbocycles. The minimum Gasteiger partial charge on any atom is -0.375 e. The molecule has 0 aromatic carbocycles. The van der Waals surface area contributed by atoms with Crippen molar-refractivity contribution < 1.29 is 18.0 Å². The fraction of sp³-hybridized carbons (Fsp3) is 1.00. The maximum absolute atomic E-state index is 5.79. The third kappa shape index (κ3) is 1.87. The van der Waals surface area contributed by atoms with Crippen LogP contribution in [-0.2, 0) is 18.0 Å². The lowest BCUT2D eigenvalue weighted by molar-refractivity contribution is -0.0718. The topological polar surface area (TPSA) is 36.9 Å². The molecule has 0 aromatic heterocycles. The van der Waals surface area contributed by atoms with E-state index in [1.54, 1.807) is 21.3 Å². The van der Waals surface area contributed by atoms with E-state index in [4.69, 9.17) is 18.0 Å². The summed E-state index contributed by atoms with van der Waals surface area (Å²) in [6.45, 7) is 2.79. The van der Waals surface area contributed by atoms with Crippen molar-refractivity contribution in [1.82, 2.24) is 0 Å². The summed E-state index contributed by atoms with van der Waals surface area (Å²) in [5.41, 5.74) is 0. The smallest absolute Gasteiger partial charge is 0.375 e. The van der Waals surface area contributed by atoms with Gasteiger partial charge in [-0.25, -0.2) is 0 Å². The zero-order valence-corrected chi connectivity index (χ0v) is 10.5. The van der Waals surface area contributed by atoms with Crippen molar-refractivity contribution >= 4 is 8.80 Å². The van der Waals surface area contributed by atoms with Crippen LogP contribution in [0.25, 0.3) is 0 Å². The minimum atomic E-state index is -2.66. The highest BCUT2D eigenvalue weighted by molar-refractivity contribution is 6.63. The summed E-state index contributed by atoms with van der Waals surface area (Å²) in [6, 6.07) is 0. The first kappa shape index (κ1) is 12.1. The van der Waals surface area contributed by atoms with Crippen molar-refractivity contribution in [1.29, 1.82) is 0 Å². The van der Waals surface area contributed by atoms with Gasteiger partial charge in [-0.1, -0.05) is 0 Å². The van der Waals surface area contributed by atoms with E-state index >= 15 is 0 Å². The van der Waals surface area contributed by atoms with Gasteiger partial charge in [0.25, 0.3) is 0 Å². The van der Waals surface area contributed by atoms with Gasteiger partial charge in [0.15, 0.2) is 0 Å². The van der Waals surface area contributed by atoms with E-state index in [1.807, 2.05) is 6.92 Å². The van der Waals surface area contributed by atoms with E-state index in [0.29, 0.717) is 0 Å². The van der Waals surface area contributed by atoms with E-state index in [2.05, 4.69) is 0 Å². The van der Waals surface area contributed by atoms with Gasteiger partial charge in [-0.3, -0.25) is 0 Å². The maximum atomic E-state index is 5.79. The van der Waals surface area contributed by atoms with Crippen LogP contribution in [0.3, 0.4) is 0 Å². The molecule has 4 nitrogen and oxygen atoms in total. The van der Waals surface area contributed by atoms with Crippen LogP contribution < -0.4 is 0 Å². The SMILES string of the molecule is CO[Si](OC)(OC)C1(C)CCCCO1. The maximum Gasteiger partial charge on any atom is 0.533 e. The first-order valence-electron chi connectivity index (χ1n) is 4.93. The van der Waals surface area contributed by atoms with Crippen LogP contribution in [0.1, 0.15) is 26.2 Å². The summed E-state index contributed by atoms with van der Waals surface area (Å²) in [4.78, 5) is 0. The number of hydrogen-bond acceptors (Lipinski definition) is 4. The van der Waals surface area contributed by atoms with E-state index < -0.39 is 8.80 Å². The van der Waals surface area contributed by atoms with Crippen molar-refractivity contribution in [2.24, 2.45) is 0 Å². The van der Waals surface area contributed by atoms with Crippen LogP contribution in [0.15, 0.2) is 0 Å². The third-order valence-corrected chi connectivity index (χ3v) is 6.22. The predicted octanol–water partition coefficient (Wildman–Crippen LogP) is 1.36. The van der Waals surface area contributed by atoms with E-state index in [0.717, 1.165) is 25.9 Å². The third-order valence-electron chi connectivity index (χ3n) is 2.92. The van der Waals surface area contributed by atoms with Crippen molar-refractivity contribution in [2.75, 3.05) is 27.9 Å². The molecule has 1 fully saturated rings. The van der Waals surface area contributed by atoms with Crippen LogP contribution in [-0.4, -0.2) is 42.0 Å². The van der Waals surface area contributed by atoms with Gasteiger partial charge in [0.1, 0.15) is 5.22 Å². The molecule has 0 radical (unpaired) electrons. The molecule has 1 rings (SSSR count). The van der Waals surface area contributed by atoms with Crippen LogP contribution in [0.2, 0.25) is 0 Å². The Bertz CT molecular complexity index is 167. The molecule has 1 aliphatic heterocycles. The van der Waals surface area contributed by atoms with E-state index in [9.17, 15) is 0 Å². The molecular weight excluding hydrogens is 200 g/mol. The van der Waals surface area contributed by atoms with Crippen molar-refractivity contribution in [3.8, 4) is 0 Å². The quantitative estimate of drug-likeness (QED) is 0.670. The van der Waals surface area contributed by atoms with Gasteiger partial charge in [-0.05, 0) is 26.2 Å². The molecule has 14 heavy (non-hydrogen) atoms. The Balaban J connectivity index is 2.83. The molecule has 84 valence electrons. The Labute approximate surface area is 86.9 Å². The fourth-order valence-electron chi connectivity index (χ4n) is 2.07. The lowest BCUT2D eigenvalue weighted by Crippen LogP contribution is -2.64. The van der Waals surface area contributed by atoms with Crippen LogP contribution in [0.5, 0.6) is 0 Å². The summed E-state index contributed by atoms with van der Waals surface area (Å²) >= 11 is 0. The first-order valence-corrected chi connectivity index (χ1v) is 6.66. The second-order valence-electron chi connectivity index (χ2n) is 3.70. The molecule has 1 heterocycles.